The summed E-state index contributed by atoms with van der Waals surface area (Å²) in [5, 5.41) is 12.1. The highest BCUT2D eigenvalue weighted by Crippen LogP contribution is 2.47. The molecule has 0 radical (unpaired) electrons. The molecule has 2 aliphatic rings. The van der Waals surface area contributed by atoms with Crippen molar-refractivity contribution in [3.63, 3.8) is 0 Å². The summed E-state index contributed by atoms with van der Waals surface area (Å²) in [6, 6.07) is 3.89. The number of carbonyl (C=O) groups excluding carboxylic acids is 2. The molecular formula is C22H32FN3O6S. The molecular weight excluding hydrogens is 453 g/mol. The Morgan fingerprint density at radius 1 is 1.24 bits per heavy atom. The predicted molar refractivity (Wildman–Crippen MR) is 120 cm³/mol. The molecule has 0 aromatic heterocycles. The lowest BCUT2D eigenvalue weighted by Gasteiger charge is -2.26. The fourth-order valence-electron chi connectivity index (χ4n) is 3.67. The summed E-state index contributed by atoms with van der Waals surface area (Å²) in [4.78, 5) is 24.4. The number of amides is 3. The van der Waals surface area contributed by atoms with Gasteiger partial charge < -0.3 is 14.7 Å². The summed E-state index contributed by atoms with van der Waals surface area (Å²) in [7, 11) is -3.57. The van der Waals surface area contributed by atoms with Gasteiger partial charge in [-0.15, -0.1) is 0 Å². The summed E-state index contributed by atoms with van der Waals surface area (Å²) < 4.78 is 47.6. The zero-order chi connectivity index (χ0) is 24.3. The van der Waals surface area contributed by atoms with Gasteiger partial charge in [0.15, 0.2) is 11.6 Å². The Kier molecular flexibility index (Phi) is 7.65. The normalized spacial score (nSPS) is 18.2. The van der Waals surface area contributed by atoms with E-state index in [1.54, 1.807) is 24.8 Å². The Bertz CT molecular complexity index is 988. The summed E-state index contributed by atoms with van der Waals surface area (Å²) in [6.45, 7) is 3.86. The molecule has 0 unspecified atom stereocenters. The van der Waals surface area contributed by atoms with Crippen LogP contribution in [0.25, 0.3) is 0 Å². The standard InChI is InChI=1S/C22H32FN3O6S/c1-21(2,29)15-32-18-14-16(6-7-17(18)23)22(9-10-22)25-33(30,31)13-5-3-4-11-26-12-8-19(27)24-20(26)28/h6-7,14,25,29H,3-5,8-13,15H2,1-2H3,(H,24,27,28). The summed E-state index contributed by atoms with van der Waals surface area (Å²) in [5.41, 5.74) is -1.27. The number of aliphatic hydroxyl groups is 1. The number of halogens is 1. The van der Waals surface area contributed by atoms with Crippen LogP contribution < -0.4 is 14.8 Å². The molecule has 0 spiro atoms. The minimum Gasteiger partial charge on any atom is -0.488 e. The maximum Gasteiger partial charge on any atom is 0.324 e. The lowest BCUT2D eigenvalue weighted by atomic mass is 10.1. The Morgan fingerprint density at radius 2 is 1.97 bits per heavy atom. The number of unbranched alkanes of at least 4 members (excludes halogenated alkanes) is 2. The summed E-state index contributed by atoms with van der Waals surface area (Å²) in [6.07, 6.45) is 3.18. The molecule has 1 aliphatic heterocycles. The number of urea groups is 1. The molecule has 1 heterocycles. The third kappa shape index (κ3) is 7.38. The van der Waals surface area contributed by atoms with Crippen molar-refractivity contribution in [2.75, 3.05) is 25.4 Å². The van der Waals surface area contributed by atoms with Crippen molar-refractivity contribution in [2.45, 2.75) is 63.5 Å². The van der Waals surface area contributed by atoms with Gasteiger partial charge in [0.1, 0.15) is 6.61 Å². The van der Waals surface area contributed by atoms with Crippen LogP contribution in [0.1, 0.15) is 57.9 Å². The smallest absolute Gasteiger partial charge is 0.324 e. The highest BCUT2D eigenvalue weighted by atomic mass is 32.2. The van der Waals surface area contributed by atoms with E-state index in [9.17, 15) is 27.5 Å². The van der Waals surface area contributed by atoms with Crippen molar-refractivity contribution in [3.8, 4) is 5.75 Å². The molecule has 3 rings (SSSR count). The van der Waals surface area contributed by atoms with E-state index in [-0.39, 0.29) is 30.4 Å². The van der Waals surface area contributed by atoms with E-state index >= 15 is 0 Å². The zero-order valence-electron chi connectivity index (χ0n) is 19.0. The average Bonchev–Trinajstić information content (AvgIpc) is 3.47. The first-order chi connectivity index (χ1) is 15.4. The molecule has 1 aliphatic carbocycles. The van der Waals surface area contributed by atoms with Gasteiger partial charge in [-0.05, 0) is 57.2 Å². The van der Waals surface area contributed by atoms with E-state index in [4.69, 9.17) is 4.74 Å². The average molecular weight is 486 g/mol. The topological polar surface area (TPSA) is 125 Å². The van der Waals surface area contributed by atoms with Crippen LogP contribution in [0.4, 0.5) is 9.18 Å². The van der Waals surface area contributed by atoms with Crippen LogP contribution in [-0.4, -0.2) is 61.4 Å². The van der Waals surface area contributed by atoms with E-state index in [1.165, 1.54) is 12.1 Å². The van der Waals surface area contributed by atoms with Crippen LogP contribution in [0.5, 0.6) is 5.75 Å². The van der Waals surface area contributed by atoms with Gasteiger partial charge in [0.2, 0.25) is 15.9 Å². The van der Waals surface area contributed by atoms with Gasteiger partial charge in [0.25, 0.3) is 0 Å². The third-order valence-corrected chi connectivity index (χ3v) is 7.18. The molecule has 1 saturated carbocycles. The molecule has 1 aromatic carbocycles. The number of nitrogens with zero attached hydrogens (tertiary/aromatic N) is 1. The molecule has 0 atom stereocenters. The van der Waals surface area contributed by atoms with Gasteiger partial charge in [-0.2, -0.15) is 0 Å². The Hall–Kier alpha value is -2.24. The first-order valence-corrected chi connectivity index (χ1v) is 12.8. The van der Waals surface area contributed by atoms with Gasteiger partial charge in [-0.1, -0.05) is 12.5 Å². The lowest BCUT2D eigenvalue weighted by molar-refractivity contribution is -0.121. The van der Waals surface area contributed by atoms with Gasteiger partial charge in [-0.25, -0.2) is 22.3 Å². The predicted octanol–water partition coefficient (Wildman–Crippen LogP) is 2.00. The first-order valence-electron chi connectivity index (χ1n) is 11.1. The van der Waals surface area contributed by atoms with Crippen LogP contribution in [-0.2, 0) is 20.4 Å². The number of ether oxygens (including phenoxy) is 1. The van der Waals surface area contributed by atoms with Crippen LogP contribution in [0.3, 0.4) is 0 Å². The van der Waals surface area contributed by atoms with Gasteiger partial charge in [-0.3, -0.25) is 10.1 Å². The summed E-state index contributed by atoms with van der Waals surface area (Å²) >= 11 is 0. The van der Waals surface area contributed by atoms with Crippen molar-refractivity contribution < 1.29 is 32.2 Å². The number of rotatable bonds is 12. The molecule has 3 amide bonds. The van der Waals surface area contributed by atoms with Crippen molar-refractivity contribution in [1.29, 1.82) is 0 Å². The number of carbonyl (C=O) groups is 2. The van der Waals surface area contributed by atoms with Crippen molar-refractivity contribution in [3.05, 3.63) is 29.6 Å². The number of imide groups is 1. The number of hydrogen-bond donors (Lipinski definition) is 3. The largest absolute Gasteiger partial charge is 0.488 e. The molecule has 1 aromatic rings. The van der Waals surface area contributed by atoms with E-state index < -0.39 is 33.0 Å². The van der Waals surface area contributed by atoms with Crippen molar-refractivity contribution in [2.24, 2.45) is 0 Å². The number of benzene rings is 1. The zero-order valence-corrected chi connectivity index (χ0v) is 19.8. The maximum absolute atomic E-state index is 14.1. The van der Waals surface area contributed by atoms with Crippen molar-refractivity contribution >= 4 is 22.0 Å². The van der Waals surface area contributed by atoms with Crippen LogP contribution in [0, 0.1) is 5.82 Å². The van der Waals surface area contributed by atoms with E-state index in [2.05, 4.69) is 10.0 Å². The number of nitrogens with one attached hydrogen (secondary N) is 2. The maximum atomic E-state index is 14.1. The lowest BCUT2D eigenvalue weighted by Crippen LogP contribution is -2.49. The highest BCUT2D eigenvalue weighted by molar-refractivity contribution is 7.89. The second-order valence-corrected chi connectivity index (χ2v) is 11.2. The fraction of sp³-hybridized carbons (Fsp3) is 0.636. The highest BCUT2D eigenvalue weighted by Gasteiger charge is 2.47. The molecule has 1 saturated heterocycles. The quantitative estimate of drug-likeness (QED) is 0.389. The van der Waals surface area contributed by atoms with Crippen LogP contribution in [0.15, 0.2) is 18.2 Å². The Balaban J connectivity index is 1.49. The van der Waals surface area contributed by atoms with Crippen LogP contribution >= 0.6 is 0 Å². The second kappa shape index (κ2) is 9.94. The fourth-order valence-corrected chi connectivity index (χ4v) is 5.28. The molecule has 184 valence electrons. The first kappa shape index (κ1) is 25.4. The van der Waals surface area contributed by atoms with E-state index in [0.29, 0.717) is 50.8 Å². The minimum atomic E-state index is -3.57. The molecule has 9 nitrogen and oxygen atoms in total. The van der Waals surface area contributed by atoms with E-state index in [1.807, 2.05) is 0 Å². The second-order valence-electron chi connectivity index (χ2n) is 9.40. The number of sulfonamides is 1. The molecule has 2 fully saturated rings. The monoisotopic (exact) mass is 485 g/mol. The Morgan fingerprint density at radius 3 is 2.61 bits per heavy atom. The molecule has 3 N–H and O–H groups in total. The summed E-state index contributed by atoms with van der Waals surface area (Å²) in [5.74, 6) is -0.931. The van der Waals surface area contributed by atoms with Crippen molar-refractivity contribution in [1.82, 2.24) is 14.9 Å². The SMILES string of the molecule is CC(C)(O)COc1cc(C2(NS(=O)(=O)CCCCCN3CCC(=O)NC3=O)CC2)ccc1F. The van der Waals surface area contributed by atoms with Gasteiger partial charge >= 0.3 is 6.03 Å². The van der Waals surface area contributed by atoms with Gasteiger partial charge in [0, 0.05) is 19.5 Å². The van der Waals surface area contributed by atoms with Gasteiger partial charge in [0.05, 0.1) is 16.9 Å². The molecule has 33 heavy (non-hydrogen) atoms. The minimum absolute atomic E-state index is 0.0245. The van der Waals surface area contributed by atoms with E-state index in [0.717, 1.165) is 0 Å². The Labute approximate surface area is 193 Å². The number of hydrogen-bond acceptors (Lipinski definition) is 6. The molecule has 0 bridgehead atoms. The molecule has 11 heteroatoms. The van der Waals surface area contributed by atoms with Crippen LogP contribution in [0.2, 0.25) is 0 Å². The third-order valence-electron chi connectivity index (χ3n) is 5.65.